The predicted molar refractivity (Wildman–Crippen MR) is 52.5 cm³/mol. The molecule has 1 rings (SSSR count). The number of hydrogen-bond donors (Lipinski definition) is 4. The zero-order valence-corrected chi connectivity index (χ0v) is 7.80. The zero-order chi connectivity index (χ0) is 10.6. The third-order valence-electron chi connectivity index (χ3n) is 2.10. The molecule has 0 aromatic heterocycles. The summed E-state index contributed by atoms with van der Waals surface area (Å²) in [7, 11) is 0. The van der Waals surface area contributed by atoms with Crippen LogP contribution < -0.4 is 5.73 Å². The van der Waals surface area contributed by atoms with Crippen molar-refractivity contribution in [2.75, 3.05) is 13.2 Å². The highest BCUT2D eigenvalue weighted by Crippen LogP contribution is 2.16. The lowest BCUT2D eigenvalue weighted by molar-refractivity contribution is 0.0955. The van der Waals surface area contributed by atoms with Gasteiger partial charge in [0.05, 0.1) is 12.7 Å². The molecule has 2 atom stereocenters. The number of rotatable bonds is 4. The molecule has 0 saturated heterocycles. The second kappa shape index (κ2) is 5.07. The van der Waals surface area contributed by atoms with Crippen LogP contribution in [0.25, 0.3) is 0 Å². The van der Waals surface area contributed by atoms with Crippen LogP contribution in [-0.2, 0) is 0 Å². The summed E-state index contributed by atoms with van der Waals surface area (Å²) in [5.74, 6) is 0. The topological polar surface area (TPSA) is 86.7 Å². The van der Waals surface area contributed by atoms with Crippen LogP contribution in [0.3, 0.4) is 0 Å². The van der Waals surface area contributed by atoms with E-state index in [1.54, 1.807) is 24.3 Å². The Morgan fingerprint density at radius 2 is 1.43 bits per heavy atom. The maximum atomic E-state index is 9.38. The maximum absolute atomic E-state index is 9.38. The molecule has 0 heterocycles. The highest BCUT2D eigenvalue weighted by Gasteiger charge is 2.08. The first-order valence-corrected chi connectivity index (χ1v) is 4.46. The van der Waals surface area contributed by atoms with Crippen molar-refractivity contribution in [3.8, 4) is 0 Å². The molecule has 0 aliphatic carbocycles. The van der Waals surface area contributed by atoms with Crippen LogP contribution in [0.15, 0.2) is 24.3 Å². The van der Waals surface area contributed by atoms with Crippen LogP contribution in [0.5, 0.6) is 0 Å². The quantitative estimate of drug-likeness (QED) is 0.534. The summed E-state index contributed by atoms with van der Waals surface area (Å²) in [6.07, 6.45) is -1.53. The first-order valence-electron chi connectivity index (χ1n) is 4.46. The maximum Gasteiger partial charge on any atom is 0.102 e. The van der Waals surface area contributed by atoms with Crippen LogP contribution in [0.2, 0.25) is 0 Å². The highest BCUT2D eigenvalue weighted by atomic mass is 16.3. The summed E-state index contributed by atoms with van der Waals surface area (Å²) in [6.45, 7) is -0.138. The lowest BCUT2D eigenvalue weighted by Gasteiger charge is -2.11. The fourth-order valence-electron chi connectivity index (χ4n) is 1.18. The molecule has 0 spiro atoms. The van der Waals surface area contributed by atoms with E-state index in [0.29, 0.717) is 11.1 Å². The molecule has 4 nitrogen and oxygen atoms in total. The van der Waals surface area contributed by atoms with Crippen molar-refractivity contribution in [3.63, 3.8) is 0 Å². The Morgan fingerprint density at radius 1 is 1.00 bits per heavy atom. The van der Waals surface area contributed by atoms with Gasteiger partial charge in [-0.25, -0.2) is 0 Å². The van der Waals surface area contributed by atoms with E-state index in [9.17, 15) is 10.2 Å². The molecule has 0 fully saturated rings. The average molecular weight is 197 g/mol. The summed E-state index contributed by atoms with van der Waals surface area (Å²) in [5, 5.41) is 27.4. The van der Waals surface area contributed by atoms with Crippen molar-refractivity contribution in [1.82, 2.24) is 0 Å². The Labute approximate surface area is 82.6 Å². The Hall–Kier alpha value is -0.940. The SMILES string of the molecule is NCC(O)c1ccc(C(O)CO)cc1. The summed E-state index contributed by atoms with van der Waals surface area (Å²) in [4.78, 5) is 0. The molecule has 1 aromatic carbocycles. The largest absolute Gasteiger partial charge is 0.393 e. The number of hydrogen-bond acceptors (Lipinski definition) is 4. The molecule has 5 N–H and O–H groups in total. The lowest BCUT2D eigenvalue weighted by atomic mass is 10.0. The standard InChI is InChI=1S/C10H15NO3/c11-5-9(13)7-1-3-8(4-2-7)10(14)6-12/h1-4,9-10,12-14H,5-6,11H2. The van der Waals surface area contributed by atoms with Crippen LogP contribution >= 0.6 is 0 Å². The van der Waals surface area contributed by atoms with Gasteiger partial charge in [0.15, 0.2) is 0 Å². The summed E-state index contributed by atoms with van der Waals surface area (Å²) < 4.78 is 0. The molecule has 0 bridgehead atoms. The molecule has 0 radical (unpaired) electrons. The predicted octanol–water partition coefficient (Wildman–Crippen LogP) is -0.296. The van der Waals surface area contributed by atoms with Crippen molar-refractivity contribution in [1.29, 1.82) is 0 Å². The molecular formula is C10H15NO3. The molecule has 1 aromatic rings. The summed E-state index contributed by atoms with van der Waals surface area (Å²) >= 11 is 0. The molecule has 2 unspecified atom stereocenters. The van der Waals surface area contributed by atoms with Crippen molar-refractivity contribution >= 4 is 0 Å². The van der Waals surface area contributed by atoms with E-state index in [2.05, 4.69) is 0 Å². The van der Waals surface area contributed by atoms with Crippen molar-refractivity contribution in [2.24, 2.45) is 5.73 Å². The molecule has 0 saturated carbocycles. The van der Waals surface area contributed by atoms with Gasteiger partial charge in [-0.3, -0.25) is 0 Å². The second-order valence-corrected chi connectivity index (χ2v) is 3.12. The van der Waals surface area contributed by atoms with E-state index in [0.717, 1.165) is 0 Å². The van der Waals surface area contributed by atoms with Gasteiger partial charge in [0, 0.05) is 6.54 Å². The fraction of sp³-hybridized carbons (Fsp3) is 0.400. The Kier molecular flexibility index (Phi) is 4.03. The van der Waals surface area contributed by atoms with Gasteiger partial charge in [0.1, 0.15) is 6.10 Å². The number of aliphatic hydroxyl groups excluding tert-OH is 3. The second-order valence-electron chi connectivity index (χ2n) is 3.12. The smallest absolute Gasteiger partial charge is 0.102 e. The number of benzene rings is 1. The molecule has 0 aliphatic heterocycles. The summed E-state index contributed by atoms with van der Waals surface area (Å²) in [6, 6.07) is 6.70. The van der Waals surface area contributed by atoms with E-state index in [1.165, 1.54) is 0 Å². The highest BCUT2D eigenvalue weighted by molar-refractivity contribution is 5.25. The molecule has 78 valence electrons. The molecular weight excluding hydrogens is 182 g/mol. The minimum absolute atomic E-state index is 0.169. The Morgan fingerprint density at radius 3 is 1.79 bits per heavy atom. The number of nitrogens with two attached hydrogens (primary N) is 1. The first kappa shape index (κ1) is 11.1. The average Bonchev–Trinajstić information content (AvgIpc) is 2.27. The van der Waals surface area contributed by atoms with Gasteiger partial charge >= 0.3 is 0 Å². The van der Waals surface area contributed by atoms with E-state index >= 15 is 0 Å². The lowest BCUT2D eigenvalue weighted by Crippen LogP contribution is -2.11. The molecule has 14 heavy (non-hydrogen) atoms. The van der Waals surface area contributed by atoms with Crippen LogP contribution in [0, 0.1) is 0 Å². The molecule has 4 heteroatoms. The van der Waals surface area contributed by atoms with Gasteiger partial charge in [-0.2, -0.15) is 0 Å². The normalized spacial score (nSPS) is 15.1. The van der Waals surface area contributed by atoms with E-state index in [-0.39, 0.29) is 13.2 Å². The molecule has 0 amide bonds. The monoisotopic (exact) mass is 197 g/mol. The minimum Gasteiger partial charge on any atom is -0.393 e. The van der Waals surface area contributed by atoms with Crippen LogP contribution in [0.4, 0.5) is 0 Å². The van der Waals surface area contributed by atoms with Crippen molar-refractivity contribution in [2.45, 2.75) is 12.2 Å². The third kappa shape index (κ3) is 2.52. The Balaban J connectivity index is 2.78. The number of aliphatic hydroxyl groups is 3. The van der Waals surface area contributed by atoms with Gasteiger partial charge < -0.3 is 21.1 Å². The molecule has 0 aliphatic rings. The first-order chi connectivity index (χ1) is 6.69. The van der Waals surface area contributed by atoms with Crippen molar-refractivity contribution < 1.29 is 15.3 Å². The van der Waals surface area contributed by atoms with E-state index in [4.69, 9.17) is 10.8 Å². The van der Waals surface area contributed by atoms with Crippen molar-refractivity contribution in [3.05, 3.63) is 35.4 Å². The minimum atomic E-state index is -0.862. The fourth-order valence-corrected chi connectivity index (χ4v) is 1.18. The van der Waals surface area contributed by atoms with Gasteiger partial charge in [-0.15, -0.1) is 0 Å². The van der Waals surface area contributed by atoms with Crippen LogP contribution in [0.1, 0.15) is 23.3 Å². The van der Waals surface area contributed by atoms with Gasteiger partial charge in [-0.05, 0) is 11.1 Å². The van der Waals surface area contributed by atoms with Gasteiger partial charge in [0.25, 0.3) is 0 Å². The zero-order valence-electron chi connectivity index (χ0n) is 7.80. The van der Waals surface area contributed by atoms with Gasteiger partial charge in [-0.1, -0.05) is 24.3 Å². The van der Waals surface area contributed by atoms with Crippen LogP contribution in [-0.4, -0.2) is 28.5 Å². The summed E-state index contributed by atoms with van der Waals surface area (Å²) in [5.41, 5.74) is 6.62. The van der Waals surface area contributed by atoms with E-state index in [1.807, 2.05) is 0 Å². The van der Waals surface area contributed by atoms with E-state index < -0.39 is 12.2 Å². The third-order valence-corrected chi connectivity index (χ3v) is 2.10. The Bertz CT molecular complexity index is 244. The van der Waals surface area contributed by atoms with Gasteiger partial charge in [0.2, 0.25) is 0 Å².